The number of hydrogen-bond acceptors (Lipinski definition) is 3. The van der Waals surface area contributed by atoms with Crippen LogP contribution >= 0.6 is 35.0 Å². The number of hydrogen-bond donors (Lipinski definition) is 1. The highest BCUT2D eigenvalue weighted by Crippen LogP contribution is 2.38. The molecule has 28 heavy (non-hydrogen) atoms. The van der Waals surface area contributed by atoms with Crippen LogP contribution in [-0.4, -0.2) is 29.8 Å². The average Bonchev–Trinajstić information content (AvgIpc) is 2.59. The Hall–Kier alpha value is -1.65. The Labute approximate surface area is 170 Å². The van der Waals surface area contributed by atoms with Crippen LogP contribution in [0.4, 0.5) is 32.0 Å². The molecule has 3 nitrogen and oxygen atoms in total. The summed E-state index contributed by atoms with van der Waals surface area (Å²) in [5, 5.41) is 2.78. The number of nitrogens with zero attached hydrogens (tertiary/aromatic N) is 2. The minimum absolute atomic E-state index is 0.0282. The second kappa shape index (κ2) is 8.79. The molecule has 2 rings (SSSR count). The van der Waals surface area contributed by atoms with Gasteiger partial charge in [0.1, 0.15) is 11.5 Å². The molecule has 1 aromatic carbocycles. The van der Waals surface area contributed by atoms with Gasteiger partial charge in [0.15, 0.2) is 0 Å². The molecule has 0 fully saturated rings. The Morgan fingerprint density at radius 2 is 1.79 bits per heavy atom. The van der Waals surface area contributed by atoms with E-state index in [0.29, 0.717) is 11.8 Å². The van der Waals surface area contributed by atoms with Gasteiger partial charge < -0.3 is 5.32 Å². The van der Waals surface area contributed by atoms with Crippen molar-refractivity contribution in [3.05, 3.63) is 51.8 Å². The van der Waals surface area contributed by atoms with E-state index in [-0.39, 0.29) is 32.0 Å². The zero-order valence-electron chi connectivity index (χ0n) is 13.9. The number of benzene rings is 1. The summed E-state index contributed by atoms with van der Waals surface area (Å²) in [7, 11) is 1.47. The number of rotatable bonds is 4. The lowest BCUT2D eigenvalue weighted by Gasteiger charge is -2.11. The molecule has 1 N–H and O–H groups in total. The molecule has 0 aliphatic carbocycles. The van der Waals surface area contributed by atoms with Gasteiger partial charge in [-0.05, 0) is 24.3 Å². The Balaban J connectivity index is 2.37. The number of alkyl halides is 6. The van der Waals surface area contributed by atoms with Gasteiger partial charge in [-0.3, -0.25) is 4.98 Å². The predicted molar refractivity (Wildman–Crippen MR) is 97.7 cm³/mol. The summed E-state index contributed by atoms with van der Waals surface area (Å²) in [5.41, 5.74) is -0.743. The molecule has 0 spiro atoms. The van der Waals surface area contributed by atoms with Crippen LogP contribution in [0, 0.1) is 0 Å². The van der Waals surface area contributed by atoms with Crippen LogP contribution in [0.1, 0.15) is 11.3 Å². The maximum atomic E-state index is 12.6. The molecule has 0 unspecified atom stereocenters. The number of aromatic nitrogens is 1. The second-order valence-corrected chi connectivity index (χ2v) is 7.11. The van der Waals surface area contributed by atoms with Crippen molar-refractivity contribution in [3.8, 4) is 0 Å². The van der Waals surface area contributed by atoms with Crippen LogP contribution in [0.15, 0.2) is 40.4 Å². The van der Waals surface area contributed by atoms with Gasteiger partial charge in [0.2, 0.25) is 0 Å². The first-order valence-electron chi connectivity index (χ1n) is 7.39. The van der Waals surface area contributed by atoms with Crippen molar-refractivity contribution < 1.29 is 26.3 Å². The highest BCUT2D eigenvalue weighted by atomic mass is 35.5. The van der Waals surface area contributed by atoms with Gasteiger partial charge in [-0.2, -0.15) is 26.3 Å². The second-order valence-electron chi connectivity index (χ2n) is 5.28. The smallest absolute Gasteiger partial charge is 0.373 e. The van der Waals surface area contributed by atoms with Gasteiger partial charge in [0, 0.05) is 23.7 Å². The predicted octanol–water partition coefficient (Wildman–Crippen LogP) is 6.36. The van der Waals surface area contributed by atoms with E-state index in [1.807, 2.05) is 0 Å². The molecule has 0 saturated carbocycles. The van der Waals surface area contributed by atoms with Gasteiger partial charge in [0.25, 0.3) is 0 Å². The summed E-state index contributed by atoms with van der Waals surface area (Å²) in [4.78, 5) is 7.64. The van der Waals surface area contributed by atoms with Crippen LogP contribution in [0.3, 0.4) is 0 Å². The lowest BCUT2D eigenvalue weighted by Crippen LogP contribution is -2.20. The summed E-state index contributed by atoms with van der Waals surface area (Å²) >= 11 is 12.4. The third-order valence-corrected chi connectivity index (χ3v) is 5.04. The zero-order chi connectivity index (χ0) is 21.1. The lowest BCUT2D eigenvalue weighted by atomic mass is 10.2. The maximum Gasteiger partial charge on any atom is 0.433 e. The maximum absolute atomic E-state index is 12.6. The zero-order valence-corrected chi connectivity index (χ0v) is 16.2. The topological polar surface area (TPSA) is 37.3 Å². The van der Waals surface area contributed by atoms with E-state index in [2.05, 4.69) is 15.3 Å². The van der Waals surface area contributed by atoms with Gasteiger partial charge in [-0.25, -0.2) is 4.99 Å². The number of halogens is 8. The molecule has 0 saturated heterocycles. The molecule has 12 heteroatoms. The van der Waals surface area contributed by atoms with Gasteiger partial charge >= 0.3 is 12.4 Å². The van der Waals surface area contributed by atoms with Crippen LogP contribution in [0.25, 0.3) is 0 Å². The van der Waals surface area contributed by atoms with Crippen molar-refractivity contribution in [2.45, 2.75) is 17.2 Å². The monoisotopic (exact) mass is 461 g/mol. The summed E-state index contributed by atoms with van der Waals surface area (Å²) in [5.74, 6) is -1.03. The van der Waals surface area contributed by atoms with E-state index in [0.717, 1.165) is 18.3 Å². The molecule has 0 atom stereocenters. The molecule has 1 heterocycles. The highest BCUT2D eigenvalue weighted by molar-refractivity contribution is 7.99. The Bertz CT molecular complexity index is 866. The van der Waals surface area contributed by atoms with Crippen molar-refractivity contribution in [1.82, 2.24) is 10.3 Å². The first-order valence-corrected chi connectivity index (χ1v) is 9.13. The van der Waals surface area contributed by atoms with Gasteiger partial charge in [-0.15, -0.1) is 11.8 Å². The van der Waals surface area contributed by atoms with Crippen LogP contribution in [0.5, 0.6) is 0 Å². The van der Waals surface area contributed by atoms with E-state index < -0.39 is 23.8 Å². The minimum atomic E-state index is -4.58. The lowest BCUT2D eigenvalue weighted by molar-refractivity contribution is -0.141. The SMILES string of the molecule is CN/C(=N\c1cc(SCC(F)(F)F)c(Cl)cc1Cl)c1ccc(C(F)(F)F)nc1. The quantitative estimate of drug-likeness (QED) is 0.249. The van der Waals surface area contributed by atoms with E-state index >= 15 is 0 Å². The first-order chi connectivity index (χ1) is 12.9. The fraction of sp³-hybridized carbons (Fsp3) is 0.250. The molecular formula is C16H11Cl2F6N3S. The Kier molecular flexibility index (Phi) is 7.11. The van der Waals surface area contributed by atoms with Crippen molar-refractivity contribution in [2.24, 2.45) is 4.99 Å². The van der Waals surface area contributed by atoms with Gasteiger partial charge in [0.05, 0.1) is 21.5 Å². The molecule has 1 aromatic heterocycles. The van der Waals surface area contributed by atoms with Crippen molar-refractivity contribution in [1.29, 1.82) is 0 Å². The third-order valence-electron chi connectivity index (χ3n) is 3.19. The number of nitrogens with one attached hydrogen (secondary N) is 1. The van der Waals surface area contributed by atoms with E-state index in [9.17, 15) is 26.3 Å². The Morgan fingerprint density at radius 3 is 2.29 bits per heavy atom. The molecule has 0 bridgehead atoms. The summed E-state index contributed by atoms with van der Waals surface area (Å²) in [6.07, 6.45) is -8.00. The Morgan fingerprint density at radius 1 is 1.11 bits per heavy atom. The number of aliphatic imine (C=N–C) groups is 1. The van der Waals surface area contributed by atoms with Crippen molar-refractivity contribution in [3.63, 3.8) is 0 Å². The largest absolute Gasteiger partial charge is 0.433 e. The molecule has 0 aliphatic heterocycles. The van der Waals surface area contributed by atoms with Crippen LogP contribution in [0.2, 0.25) is 10.0 Å². The standard InChI is InChI=1S/C16H11Cl2F6N3S/c1-25-14(8-2-3-13(26-6-8)16(22,23)24)27-11-5-12(10(18)4-9(11)17)28-7-15(19,20)21/h2-6H,7H2,1H3,(H,25,27). The van der Waals surface area contributed by atoms with Crippen LogP contribution < -0.4 is 5.32 Å². The fourth-order valence-corrected chi connectivity index (χ4v) is 3.26. The first kappa shape index (κ1) is 22.6. The normalized spacial score (nSPS) is 13.0. The number of pyridine rings is 1. The van der Waals surface area contributed by atoms with Crippen LogP contribution in [-0.2, 0) is 6.18 Å². The minimum Gasteiger partial charge on any atom is -0.373 e. The molecule has 0 aliphatic rings. The number of amidine groups is 1. The molecule has 0 amide bonds. The highest BCUT2D eigenvalue weighted by Gasteiger charge is 2.32. The van der Waals surface area contributed by atoms with E-state index in [1.54, 1.807) is 0 Å². The van der Waals surface area contributed by atoms with E-state index in [4.69, 9.17) is 23.2 Å². The summed E-state index contributed by atoms with van der Waals surface area (Å²) < 4.78 is 75.2. The molecular weight excluding hydrogens is 451 g/mol. The number of thioether (sulfide) groups is 1. The molecule has 152 valence electrons. The van der Waals surface area contributed by atoms with Crippen molar-refractivity contribution in [2.75, 3.05) is 12.8 Å². The average molecular weight is 462 g/mol. The third kappa shape index (κ3) is 6.18. The summed E-state index contributed by atoms with van der Waals surface area (Å²) in [6, 6.07) is 4.47. The molecule has 0 radical (unpaired) electrons. The van der Waals surface area contributed by atoms with Gasteiger partial charge in [-0.1, -0.05) is 23.2 Å². The fourth-order valence-electron chi connectivity index (χ4n) is 1.96. The van der Waals surface area contributed by atoms with Crippen molar-refractivity contribution >= 4 is 46.5 Å². The summed E-state index contributed by atoms with van der Waals surface area (Å²) in [6.45, 7) is 0. The molecule has 2 aromatic rings. The van der Waals surface area contributed by atoms with E-state index in [1.165, 1.54) is 19.2 Å².